The van der Waals surface area contributed by atoms with Crippen molar-refractivity contribution in [2.45, 2.75) is 46.0 Å². The number of nitrogens with zero attached hydrogens (tertiary/aromatic N) is 1. The van der Waals surface area contributed by atoms with E-state index in [0.29, 0.717) is 0 Å². The molecule has 0 aromatic heterocycles. The molecule has 1 fully saturated rings. The van der Waals surface area contributed by atoms with E-state index < -0.39 is 6.09 Å². The van der Waals surface area contributed by atoms with Crippen molar-refractivity contribution in [2.24, 2.45) is 5.16 Å². The number of anilines is 1. The van der Waals surface area contributed by atoms with Gasteiger partial charge in [-0.15, -0.1) is 0 Å². The van der Waals surface area contributed by atoms with Crippen LogP contribution in [0, 0.1) is 13.8 Å². The van der Waals surface area contributed by atoms with E-state index in [2.05, 4.69) is 10.5 Å². The van der Waals surface area contributed by atoms with Crippen LogP contribution in [-0.4, -0.2) is 11.8 Å². The summed E-state index contributed by atoms with van der Waals surface area (Å²) in [5, 5.41) is 6.66. The van der Waals surface area contributed by atoms with E-state index in [1.54, 1.807) is 0 Å². The first-order valence-electron chi connectivity index (χ1n) is 6.77. The fourth-order valence-electron chi connectivity index (χ4n) is 2.18. The first-order valence-corrected chi connectivity index (χ1v) is 6.77. The summed E-state index contributed by atoms with van der Waals surface area (Å²) < 4.78 is 0. The molecule has 0 aliphatic heterocycles. The molecule has 1 aliphatic carbocycles. The monoisotopic (exact) mass is 260 g/mol. The minimum Gasteiger partial charge on any atom is -0.298 e. The van der Waals surface area contributed by atoms with Crippen LogP contribution < -0.4 is 5.32 Å². The lowest BCUT2D eigenvalue weighted by molar-refractivity contribution is 0.165. The van der Waals surface area contributed by atoms with Gasteiger partial charge in [-0.25, -0.2) is 4.79 Å². The summed E-state index contributed by atoms with van der Waals surface area (Å²) in [6, 6.07) is 5.77. The van der Waals surface area contributed by atoms with E-state index in [9.17, 15) is 4.79 Å². The van der Waals surface area contributed by atoms with Crippen molar-refractivity contribution in [2.75, 3.05) is 5.32 Å². The number of oxime groups is 1. The van der Waals surface area contributed by atoms with Gasteiger partial charge in [0, 0.05) is 5.69 Å². The van der Waals surface area contributed by atoms with Crippen LogP contribution in [0.2, 0.25) is 0 Å². The lowest BCUT2D eigenvalue weighted by Gasteiger charge is -2.12. The van der Waals surface area contributed by atoms with Crippen molar-refractivity contribution in [3.63, 3.8) is 0 Å². The number of aryl methyl sites for hydroxylation is 1. The number of hydrogen-bond acceptors (Lipinski definition) is 3. The SMILES string of the molecule is Cc1cccc(NC(=O)ON=C2CCCCC2)c1C. The van der Waals surface area contributed by atoms with E-state index in [0.717, 1.165) is 48.2 Å². The maximum atomic E-state index is 11.7. The van der Waals surface area contributed by atoms with E-state index in [1.165, 1.54) is 6.42 Å². The van der Waals surface area contributed by atoms with Crippen LogP contribution in [0.5, 0.6) is 0 Å². The normalized spacial score (nSPS) is 14.9. The summed E-state index contributed by atoms with van der Waals surface area (Å²) >= 11 is 0. The Morgan fingerprint density at radius 1 is 1.21 bits per heavy atom. The molecule has 0 heterocycles. The molecule has 0 spiro atoms. The van der Waals surface area contributed by atoms with Crippen LogP contribution in [0.25, 0.3) is 0 Å². The van der Waals surface area contributed by atoms with Gasteiger partial charge in [0.2, 0.25) is 0 Å². The molecule has 1 amide bonds. The Morgan fingerprint density at radius 2 is 1.95 bits per heavy atom. The molecule has 1 aliphatic rings. The molecular formula is C15H20N2O2. The Kier molecular flexibility index (Phi) is 4.55. The molecule has 19 heavy (non-hydrogen) atoms. The largest absolute Gasteiger partial charge is 0.437 e. The van der Waals surface area contributed by atoms with Crippen molar-refractivity contribution < 1.29 is 9.63 Å². The number of nitrogens with one attached hydrogen (secondary N) is 1. The zero-order valence-corrected chi connectivity index (χ0v) is 11.5. The molecule has 1 aromatic rings. The van der Waals surface area contributed by atoms with E-state index in [-0.39, 0.29) is 0 Å². The third kappa shape index (κ3) is 3.81. The predicted molar refractivity (Wildman–Crippen MR) is 76.5 cm³/mol. The topological polar surface area (TPSA) is 50.7 Å². The first kappa shape index (κ1) is 13.6. The highest BCUT2D eigenvalue weighted by atomic mass is 16.7. The smallest absolute Gasteiger partial charge is 0.298 e. The average Bonchev–Trinajstić information content (AvgIpc) is 2.43. The molecule has 2 rings (SSSR count). The number of carbonyl (C=O) groups excluding carboxylic acids is 1. The molecule has 0 radical (unpaired) electrons. The summed E-state index contributed by atoms with van der Waals surface area (Å²) in [4.78, 5) is 16.6. The van der Waals surface area contributed by atoms with Crippen molar-refractivity contribution in [1.82, 2.24) is 0 Å². The van der Waals surface area contributed by atoms with Crippen molar-refractivity contribution in [3.05, 3.63) is 29.3 Å². The van der Waals surface area contributed by atoms with Gasteiger partial charge in [-0.05, 0) is 56.7 Å². The number of benzene rings is 1. The third-order valence-corrected chi connectivity index (χ3v) is 3.53. The molecule has 1 aromatic carbocycles. The predicted octanol–water partition coefficient (Wildman–Crippen LogP) is 4.17. The van der Waals surface area contributed by atoms with Gasteiger partial charge in [-0.1, -0.05) is 23.7 Å². The van der Waals surface area contributed by atoms with Gasteiger partial charge in [0.15, 0.2) is 0 Å². The highest BCUT2D eigenvalue weighted by molar-refractivity contribution is 5.88. The fourth-order valence-corrected chi connectivity index (χ4v) is 2.18. The number of rotatable bonds is 2. The fraction of sp³-hybridized carbons (Fsp3) is 0.467. The summed E-state index contributed by atoms with van der Waals surface area (Å²) in [6.07, 6.45) is 4.88. The molecule has 4 nitrogen and oxygen atoms in total. The maximum absolute atomic E-state index is 11.7. The van der Waals surface area contributed by atoms with Crippen molar-refractivity contribution in [1.29, 1.82) is 0 Å². The number of amides is 1. The summed E-state index contributed by atoms with van der Waals surface area (Å²) in [5.41, 5.74) is 3.94. The first-order chi connectivity index (χ1) is 9.16. The Hall–Kier alpha value is -1.84. The molecule has 1 saturated carbocycles. The number of hydrogen-bond donors (Lipinski definition) is 1. The molecule has 102 valence electrons. The lowest BCUT2D eigenvalue weighted by atomic mass is 9.99. The van der Waals surface area contributed by atoms with E-state index in [4.69, 9.17) is 4.84 Å². The summed E-state index contributed by atoms with van der Waals surface area (Å²) in [7, 11) is 0. The van der Waals surface area contributed by atoms with Gasteiger partial charge < -0.3 is 0 Å². The van der Waals surface area contributed by atoms with Crippen LogP contribution in [0.15, 0.2) is 23.4 Å². The zero-order valence-electron chi connectivity index (χ0n) is 11.5. The second-order valence-electron chi connectivity index (χ2n) is 4.97. The minimum atomic E-state index is -0.522. The molecule has 4 heteroatoms. The second-order valence-corrected chi connectivity index (χ2v) is 4.97. The lowest BCUT2D eigenvalue weighted by Crippen LogP contribution is -2.14. The van der Waals surface area contributed by atoms with Gasteiger partial charge in [0.25, 0.3) is 0 Å². The molecule has 0 bridgehead atoms. The van der Waals surface area contributed by atoms with Crippen LogP contribution in [0.3, 0.4) is 0 Å². The Bertz CT molecular complexity index is 487. The quantitative estimate of drug-likeness (QED) is 0.640. The highest BCUT2D eigenvalue weighted by Gasteiger charge is 2.10. The summed E-state index contributed by atoms with van der Waals surface area (Å²) in [6.45, 7) is 3.98. The van der Waals surface area contributed by atoms with Gasteiger partial charge in [0.05, 0.1) is 5.71 Å². The Morgan fingerprint density at radius 3 is 2.68 bits per heavy atom. The standard InChI is InChI=1S/C15H20N2O2/c1-11-7-6-10-14(12(11)2)16-15(18)19-17-13-8-4-3-5-9-13/h6-7,10H,3-5,8-9H2,1-2H3,(H,16,18). The Labute approximate surface area is 113 Å². The van der Waals surface area contributed by atoms with E-state index >= 15 is 0 Å². The average molecular weight is 260 g/mol. The van der Waals surface area contributed by atoms with Gasteiger partial charge in [-0.2, -0.15) is 0 Å². The molecule has 1 N–H and O–H groups in total. The van der Waals surface area contributed by atoms with Gasteiger partial charge in [-0.3, -0.25) is 10.2 Å². The van der Waals surface area contributed by atoms with Gasteiger partial charge >= 0.3 is 6.09 Å². The van der Waals surface area contributed by atoms with Crippen LogP contribution in [-0.2, 0) is 4.84 Å². The number of carbonyl (C=O) groups is 1. The highest BCUT2D eigenvalue weighted by Crippen LogP contribution is 2.18. The van der Waals surface area contributed by atoms with Crippen LogP contribution >= 0.6 is 0 Å². The molecule has 0 saturated heterocycles. The van der Waals surface area contributed by atoms with E-state index in [1.807, 2.05) is 32.0 Å². The molecule has 0 unspecified atom stereocenters. The third-order valence-electron chi connectivity index (χ3n) is 3.53. The van der Waals surface area contributed by atoms with Crippen LogP contribution in [0.4, 0.5) is 10.5 Å². The molecular weight excluding hydrogens is 240 g/mol. The molecule has 0 atom stereocenters. The van der Waals surface area contributed by atoms with Crippen molar-refractivity contribution in [3.8, 4) is 0 Å². The van der Waals surface area contributed by atoms with Crippen molar-refractivity contribution >= 4 is 17.5 Å². The maximum Gasteiger partial charge on any atom is 0.437 e. The van der Waals surface area contributed by atoms with Gasteiger partial charge in [0.1, 0.15) is 0 Å². The second kappa shape index (κ2) is 6.36. The summed E-state index contributed by atoms with van der Waals surface area (Å²) in [5.74, 6) is 0. The zero-order chi connectivity index (χ0) is 13.7. The Balaban J connectivity index is 1.92. The van der Waals surface area contributed by atoms with Crippen LogP contribution in [0.1, 0.15) is 43.2 Å². The minimum absolute atomic E-state index is 0.522.